The smallest absolute Gasteiger partial charge is 0.137 e. The normalized spacial score (nSPS) is 14.4. The number of likely N-dealkylation sites (N-methyl/N-ethyl adjacent to an activating group) is 1. The predicted octanol–water partition coefficient (Wildman–Crippen LogP) is 2.80. The van der Waals surface area contributed by atoms with Crippen molar-refractivity contribution in [1.82, 2.24) is 10.3 Å². The fourth-order valence-corrected chi connectivity index (χ4v) is 2.24. The summed E-state index contributed by atoms with van der Waals surface area (Å²) >= 11 is 0. The third kappa shape index (κ3) is 4.48. The number of nitrogens with zero attached hydrogens (tertiary/aromatic N) is 1. The van der Waals surface area contributed by atoms with Crippen molar-refractivity contribution in [2.75, 3.05) is 20.3 Å². The lowest BCUT2D eigenvalue weighted by Gasteiger charge is -2.30. The number of aromatic nitrogens is 1. The van der Waals surface area contributed by atoms with Crippen molar-refractivity contribution < 1.29 is 9.47 Å². The molecule has 1 rings (SSSR count). The van der Waals surface area contributed by atoms with E-state index in [2.05, 4.69) is 24.1 Å². The second-order valence-electron chi connectivity index (χ2n) is 4.82. The molecule has 4 nitrogen and oxygen atoms in total. The standard InChI is InChI=1S/C15H26N2O2/c1-6-18-13-8-12(9-17-10-13)14(16-5)15(11(3)4)19-7-2/h8-11,14-16H,6-7H2,1-5H3. The molecule has 2 atom stereocenters. The lowest BCUT2D eigenvalue weighted by Crippen LogP contribution is -2.35. The first kappa shape index (κ1) is 15.9. The Bertz CT molecular complexity index is 369. The van der Waals surface area contributed by atoms with Crippen molar-refractivity contribution in [3.05, 3.63) is 24.0 Å². The van der Waals surface area contributed by atoms with Crippen LogP contribution in [0.4, 0.5) is 0 Å². The first-order valence-corrected chi connectivity index (χ1v) is 7.00. The Kier molecular flexibility index (Phi) is 6.81. The molecular formula is C15H26N2O2. The summed E-state index contributed by atoms with van der Waals surface area (Å²) in [6.07, 6.45) is 3.73. The zero-order valence-corrected chi connectivity index (χ0v) is 12.6. The molecule has 1 N–H and O–H groups in total. The summed E-state index contributed by atoms with van der Waals surface area (Å²) in [7, 11) is 1.95. The Balaban J connectivity index is 2.96. The predicted molar refractivity (Wildman–Crippen MR) is 77.5 cm³/mol. The Hall–Kier alpha value is -1.13. The van der Waals surface area contributed by atoms with Gasteiger partial charge in [0, 0.05) is 12.8 Å². The fourth-order valence-electron chi connectivity index (χ4n) is 2.24. The van der Waals surface area contributed by atoms with Crippen molar-refractivity contribution in [3.8, 4) is 5.75 Å². The van der Waals surface area contributed by atoms with Crippen LogP contribution in [0.1, 0.15) is 39.3 Å². The summed E-state index contributed by atoms with van der Waals surface area (Å²) in [5.41, 5.74) is 1.10. The van der Waals surface area contributed by atoms with Gasteiger partial charge in [0.1, 0.15) is 5.75 Å². The minimum absolute atomic E-state index is 0.118. The molecule has 1 heterocycles. The fraction of sp³-hybridized carbons (Fsp3) is 0.667. The van der Waals surface area contributed by atoms with E-state index in [4.69, 9.17) is 9.47 Å². The van der Waals surface area contributed by atoms with Crippen LogP contribution >= 0.6 is 0 Å². The third-order valence-corrected chi connectivity index (χ3v) is 3.06. The second-order valence-corrected chi connectivity index (χ2v) is 4.82. The summed E-state index contributed by atoms with van der Waals surface area (Å²) in [5, 5.41) is 3.33. The largest absolute Gasteiger partial charge is 0.492 e. The lowest BCUT2D eigenvalue weighted by atomic mass is 9.94. The number of rotatable bonds is 8. The molecule has 0 aliphatic heterocycles. The lowest BCUT2D eigenvalue weighted by molar-refractivity contribution is 0.00448. The van der Waals surface area contributed by atoms with Crippen LogP contribution in [0.5, 0.6) is 5.75 Å². The molecule has 0 spiro atoms. The van der Waals surface area contributed by atoms with Crippen LogP contribution in [0.3, 0.4) is 0 Å². The van der Waals surface area contributed by atoms with Crippen LogP contribution in [-0.4, -0.2) is 31.3 Å². The maximum absolute atomic E-state index is 5.88. The molecule has 4 heteroatoms. The molecule has 0 aromatic carbocycles. The number of nitrogens with one attached hydrogen (secondary N) is 1. The maximum Gasteiger partial charge on any atom is 0.137 e. The highest BCUT2D eigenvalue weighted by Crippen LogP contribution is 2.26. The van der Waals surface area contributed by atoms with Crippen molar-refractivity contribution >= 4 is 0 Å². The summed E-state index contributed by atoms with van der Waals surface area (Å²) in [6.45, 7) is 9.69. The van der Waals surface area contributed by atoms with E-state index in [1.165, 1.54) is 0 Å². The first-order chi connectivity index (χ1) is 9.13. The summed E-state index contributed by atoms with van der Waals surface area (Å²) in [4.78, 5) is 4.25. The van der Waals surface area contributed by atoms with Gasteiger partial charge in [-0.3, -0.25) is 4.98 Å². The number of hydrogen-bond acceptors (Lipinski definition) is 4. The van der Waals surface area contributed by atoms with E-state index >= 15 is 0 Å². The van der Waals surface area contributed by atoms with Crippen LogP contribution in [0.2, 0.25) is 0 Å². The SMILES string of the molecule is CCOc1cncc(C(NC)C(OCC)C(C)C)c1. The van der Waals surface area contributed by atoms with Gasteiger partial charge in [-0.25, -0.2) is 0 Å². The quantitative estimate of drug-likeness (QED) is 0.785. The summed E-state index contributed by atoms with van der Waals surface area (Å²) < 4.78 is 11.4. The van der Waals surface area contributed by atoms with Gasteiger partial charge in [0.05, 0.1) is 24.9 Å². The average molecular weight is 266 g/mol. The average Bonchev–Trinajstić information content (AvgIpc) is 2.39. The van der Waals surface area contributed by atoms with Crippen LogP contribution in [0.15, 0.2) is 18.5 Å². The molecule has 19 heavy (non-hydrogen) atoms. The monoisotopic (exact) mass is 266 g/mol. The van der Waals surface area contributed by atoms with Gasteiger partial charge in [-0.15, -0.1) is 0 Å². The van der Waals surface area contributed by atoms with E-state index in [9.17, 15) is 0 Å². The minimum atomic E-state index is 0.118. The Morgan fingerprint density at radius 2 is 1.95 bits per heavy atom. The van der Waals surface area contributed by atoms with Gasteiger partial charge in [-0.2, -0.15) is 0 Å². The highest BCUT2D eigenvalue weighted by atomic mass is 16.5. The van der Waals surface area contributed by atoms with Crippen LogP contribution in [0.25, 0.3) is 0 Å². The molecule has 0 amide bonds. The highest BCUT2D eigenvalue weighted by Gasteiger charge is 2.25. The molecule has 108 valence electrons. The number of hydrogen-bond donors (Lipinski definition) is 1. The Morgan fingerprint density at radius 3 is 2.47 bits per heavy atom. The van der Waals surface area contributed by atoms with Gasteiger partial charge in [-0.05, 0) is 38.4 Å². The van der Waals surface area contributed by atoms with Gasteiger partial charge < -0.3 is 14.8 Å². The van der Waals surface area contributed by atoms with E-state index in [0.29, 0.717) is 19.1 Å². The molecule has 2 unspecified atom stereocenters. The Labute approximate surface area is 116 Å². The molecule has 0 aliphatic carbocycles. The summed E-state index contributed by atoms with van der Waals surface area (Å²) in [6, 6.07) is 2.15. The van der Waals surface area contributed by atoms with Gasteiger partial charge in [0.25, 0.3) is 0 Å². The molecule has 0 bridgehead atoms. The Morgan fingerprint density at radius 1 is 1.21 bits per heavy atom. The van der Waals surface area contributed by atoms with Crippen LogP contribution < -0.4 is 10.1 Å². The van der Waals surface area contributed by atoms with E-state index < -0.39 is 0 Å². The second kappa shape index (κ2) is 8.12. The highest BCUT2D eigenvalue weighted by molar-refractivity contribution is 5.27. The van der Waals surface area contributed by atoms with Crippen molar-refractivity contribution in [2.45, 2.75) is 39.8 Å². The maximum atomic E-state index is 5.88. The molecule has 0 saturated heterocycles. The van der Waals surface area contributed by atoms with Gasteiger partial charge in [-0.1, -0.05) is 13.8 Å². The zero-order valence-electron chi connectivity index (χ0n) is 12.6. The number of pyridine rings is 1. The molecule has 0 aliphatic rings. The molecular weight excluding hydrogens is 240 g/mol. The van der Waals surface area contributed by atoms with Gasteiger partial charge >= 0.3 is 0 Å². The third-order valence-electron chi connectivity index (χ3n) is 3.06. The van der Waals surface area contributed by atoms with E-state index in [1.54, 1.807) is 6.20 Å². The zero-order chi connectivity index (χ0) is 14.3. The van der Waals surface area contributed by atoms with Crippen molar-refractivity contribution in [1.29, 1.82) is 0 Å². The van der Waals surface area contributed by atoms with Crippen LogP contribution in [-0.2, 0) is 4.74 Å². The molecule has 0 saturated carbocycles. The van der Waals surface area contributed by atoms with Gasteiger partial charge in [0.15, 0.2) is 0 Å². The topological polar surface area (TPSA) is 43.4 Å². The minimum Gasteiger partial charge on any atom is -0.492 e. The van der Waals surface area contributed by atoms with Crippen LogP contribution in [0, 0.1) is 5.92 Å². The van der Waals surface area contributed by atoms with Crippen molar-refractivity contribution in [3.63, 3.8) is 0 Å². The molecule has 1 aromatic rings. The van der Waals surface area contributed by atoms with E-state index in [1.807, 2.05) is 33.2 Å². The van der Waals surface area contributed by atoms with E-state index in [0.717, 1.165) is 11.3 Å². The van der Waals surface area contributed by atoms with E-state index in [-0.39, 0.29) is 12.1 Å². The van der Waals surface area contributed by atoms with Crippen molar-refractivity contribution in [2.24, 2.45) is 5.92 Å². The first-order valence-electron chi connectivity index (χ1n) is 7.00. The summed E-state index contributed by atoms with van der Waals surface area (Å²) in [5.74, 6) is 1.23. The molecule has 0 radical (unpaired) electrons. The molecule has 1 aromatic heterocycles. The molecule has 0 fully saturated rings. The van der Waals surface area contributed by atoms with Gasteiger partial charge in [0.2, 0.25) is 0 Å². The number of ether oxygens (including phenoxy) is 2.